The Morgan fingerprint density at radius 1 is 0.943 bits per heavy atom. The number of nitrogens with zero attached hydrogens (tertiary/aromatic N) is 1. The molecule has 35 heavy (non-hydrogen) atoms. The minimum atomic E-state index is -0.138. The minimum Gasteiger partial charge on any atom is -0.497 e. The van der Waals surface area contributed by atoms with E-state index in [0.717, 1.165) is 49.3 Å². The molecule has 3 aromatic rings. The van der Waals surface area contributed by atoms with Crippen LogP contribution in [0.2, 0.25) is 0 Å². The fourth-order valence-electron chi connectivity index (χ4n) is 4.76. The molecule has 5 nitrogen and oxygen atoms in total. The van der Waals surface area contributed by atoms with Crippen molar-refractivity contribution in [3.8, 4) is 11.5 Å². The van der Waals surface area contributed by atoms with E-state index in [1.54, 1.807) is 20.3 Å². The summed E-state index contributed by atoms with van der Waals surface area (Å²) in [6, 6.07) is 22.5. The van der Waals surface area contributed by atoms with E-state index in [0.29, 0.717) is 6.54 Å². The Labute approximate surface area is 208 Å². The molecule has 4 rings (SSSR count). The van der Waals surface area contributed by atoms with Crippen molar-refractivity contribution in [2.75, 3.05) is 20.8 Å². The van der Waals surface area contributed by atoms with Gasteiger partial charge in [0.1, 0.15) is 11.5 Å². The van der Waals surface area contributed by atoms with Crippen molar-refractivity contribution < 1.29 is 14.3 Å². The summed E-state index contributed by atoms with van der Waals surface area (Å²) in [6.45, 7) is 0.693. The van der Waals surface area contributed by atoms with E-state index >= 15 is 0 Å². The number of carbonyl (C=O) groups is 1. The number of ether oxygens (including phenoxy) is 2. The molecular formula is C30H34N2O3. The van der Waals surface area contributed by atoms with Gasteiger partial charge in [-0.3, -0.25) is 9.78 Å². The molecular weight excluding hydrogens is 436 g/mol. The topological polar surface area (TPSA) is 60.5 Å². The van der Waals surface area contributed by atoms with Crippen molar-refractivity contribution in [1.29, 1.82) is 0 Å². The number of aromatic nitrogens is 1. The lowest BCUT2D eigenvalue weighted by atomic mass is 9.85. The van der Waals surface area contributed by atoms with Gasteiger partial charge >= 0.3 is 0 Å². The number of amides is 1. The molecule has 0 saturated heterocycles. The highest BCUT2D eigenvalue weighted by Gasteiger charge is 2.55. The number of aryl methyl sites for hydroxylation is 1. The van der Waals surface area contributed by atoms with Crippen molar-refractivity contribution >= 4 is 5.91 Å². The lowest BCUT2D eigenvalue weighted by Crippen LogP contribution is -2.22. The number of unbranched alkanes of at least 4 members (excludes halogenated alkanes) is 2. The molecule has 1 heterocycles. The van der Waals surface area contributed by atoms with Crippen LogP contribution in [0.4, 0.5) is 0 Å². The second kappa shape index (κ2) is 11.7. The molecule has 1 saturated carbocycles. The van der Waals surface area contributed by atoms with Crippen LogP contribution in [0.1, 0.15) is 42.5 Å². The first kappa shape index (κ1) is 24.5. The largest absolute Gasteiger partial charge is 0.497 e. The highest BCUT2D eigenvalue weighted by Crippen LogP contribution is 2.59. The highest BCUT2D eigenvalue weighted by atomic mass is 16.5. The number of rotatable bonds is 12. The maximum atomic E-state index is 12.4. The van der Waals surface area contributed by atoms with E-state index in [9.17, 15) is 4.79 Å². The van der Waals surface area contributed by atoms with Gasteiger partial charge in [0.25, 0.3) is 0 Å². The lowest BCUT2D eigenvalue weighted by Gasteiger charge is -2.19. The molecule has 1 fully saturated rings. The normalized spacial score (nSPS) is 16.1. The molecule has 1 aliphatic carbocycles. The molecule has 1 atom stereocenters. The molecule has 1 N–H and O–H groups in total. The van der Waals surface area contributed by atoms with Gasteiger partial charge in [-0.2, -0.15) is 0 Å². The SMILES string of the molecule is COc1ccc(C2(c3ccc(OC)cc3)C[C@H]2/C=C/C(=O)NCCCCCc2ccccn2)cc1. The Balaban J connectivity index is 1.32. The summed E-state index contributed by atoms with van der Waals surface area (Å²) >= 11 is 0. The third-order valence-electron chi connectivity index (χ3n) is 6.84. The van der Waals surface area contributed by atoms with Crippen molar-refractivity contribution in [3.05, 3.63) is 102 Å². The van der Waals surface area contributed by atoms with Gasteiger partial charge < -0.3 is 14.8 Å². The van der Waals surface area contributed by atoms with E-state index in [1.165, 1.54) is 11.1 Å². The summed E-state index contributed by atoms with van der Waals surface area (Å²) in [7, 11) is 3.35. The van der Waals surface area contributed by atoms with Gasteiger partial charge in [-0.25, -0.2) is 0 Å². The minimum absolute atomic E-state index is 0.0278. The van der Waals surface area contributed by atoms with Crippen LogP contribution in [0.5, 0.6) is 11.5 Å². The third kappa shape index (κ3) is 6.10. The van der Waals surface area contributed by atoms with Gasteiger partial charge in [-0.05, 0) is 85.2 Å². The van der Waals surface area contributed by atoms with E-state index < -0.39 is 0 Å². The molecule has 0 radical (unpaired) electrons. The van der Waals surface area contributed by atoms with Crippen LogP contribution in [-0.4, -0.2) is 31.7 Å². The average molecular weight is 471 g/mol. The summed E-state index contributed by atoms with van der Waals surface area (Å²) in [6.07, 6.45) is 10.7. The number of methoxy groups -OCH3 is 2. The predicted octanol–water partition coefficient (Wildman–Crippen LogP) is 5.49. The van der Waals surface area contributed by atoms with Crippen LogP contribution in [0.3, 0.4) is 0 Å². The van der Waals surface area contributed by atoms with Crippen LogP contribution in [-0.2, 0) is 16.6 Å². The van der Waals surface area contributed by atoms with E-state index in [2.05, 4.69) is 46.7 Å². The second-order valence-corrected chi connectivity index (χ2v) is 9.02. The van der Waals surface area contributed by atoms with Crippen molar-refractivity contribution in [2.45, 2.75) is 37.5 Å². The van der Waals surface area contributed by atoms with Gasteiger partial charge in [0, 0.05) is 23.9 Å². The Kier molecular flexibility index (Phi) is 8.19. The average Bonchev–Trinajstić information content (AvgIpc) is 3.65. The number of nitrogens with one attached hydrogen (secondary N) is 1. The van der Waals surface area contributed by atoms with Crippen LogP contribution >= 0.6 is 0 Å². The zero-order chi connectivity index (χ0) is 24.5. The van der Waals surface area contributed by atoms with Gasteiger partial charge in [-0.1, -0.05) is 42.8 Å². The zero-order valence-electron chi connectivity index (χ0n) is 20.6. The number of benzene rings is 2. The van der Waals surface area contributed by atoms with Crippen LogP contribution in [0.25, 0.3) is 0 Å². The quantitative estimate of drug-likeness (QED) is 0.281. The van der Waals surface area contributed by atoms with Crippen molar-refractivity contribution in [2.24, 2.45) is 5.92 Å². The molecule has 0 unspecified atom stereocenters. The zero-order valence-corrected chi connectivity index (χ0v) is 20.6. The number of carbonyl (C=O) groups excluding carboxylic acids is 1. The smallest absolute Gasteiger partial charge is 0.243 e. The second-order valence-electron chi connectivity index (χ2n) is 9.02. The first-order chi connectivity index (χ1) is 17.2. The first-order valence-electron chi connectivity index (χ1n) is 12.3. The number of hydrogen-bond donors (Lipinski definition) is 1. The van der Waals surface area contributed by atoms with Gasteiger partial charge in [-0.15, -0.1) is 0 Å². The van der Waals surface area contributed by atoms with Crippen molar-refractivity contribution in [3.63, 3.8) is 0 Å². The van der Waals surface area contributed by atoms with Gasteiger partial charge in [0.15, 0.2) is 0 Å². The maximum absolute atomic E-state index is 12.4. The molecule has 0 aliphatic heterocycles. The molecule has 5 heteroatoms. The van der Waals surface area contributed by atoms with E-state index in [1.807, 2.05) is 42.6 Å². The van der Waals surface area contributed by atoms with Crippen LogP contribution in [0, 0.1) is 5.92 Å². The Morgan fingerprint density at radius 2 is 1.60 bits per heavy atom. The molecule has 0 bridgehead atoms. The summed E-state index contributed by atoms with van der Waals surface area (Å²) in [5, 5.41) is 3.03. The molecule has 2 aromatic carbocycles. The third-order valence-corrected chi connectivity index (χ3v) is 6.84. The highest BCUT2D eigenvalue weighted by molar-refractivity contribution is 5.87. The standard InChI is InChI=1S/C30H34N2O3/c1-34-27-15-10-23(11-16-27)30(24-12-17-28(35-2)18-13-24)22-25(30)14-19-29(33)32-21-6-3-4-8-26-9-5-7-20-31-26/h5,7,9-20,25H,3-4,6,8,21-22H2,1-2H3,(H,32,33)/b19-14+/t25-/m1/s1. The van der Waals surface area contributed by atoms with Crippen LogP contribution < -0.4 is 14.8 Å². The van der Waals surface area contributed by atoms with Crippen LogP contribution in [0.15, 0.2) is 85.1 Å². The summed E-state index contributed by atoms with van der Waals surface area (Å²) < 4.78 is 10.7. The van der Waals surface area contributed by atoms with Crippen molar-refractivity contribution in [1.82, 2.24) is 10.3 Å². The molecule has 1 amide bonds. The summed E-state index contributed by atoms with van der Waals surface area (Å²) in [5.41, 5.74) is 3.44. The Hall–Kier alpha value is -3.60. The molecule has 0 spiro atoms. The lowest BCUT2D eigenvalue weighted by molar-refractivity contribution is -0.116. The Morgan fingerprint density at radius 3 is 2.17 bits per heavy atom. The summed E-state index contributed by atoms with van der Waals surface area (Å²) in [4.78, 5) is 16.8. The fourth-order valence-corrected chi connectivity index (χ4v) is 4.76. The number of pyridine rings is 1. The first-order valence-corrected chi connectivity index (χ1v) is 12.3. The number of allylic oxidation sites excluding steroid dienone is 1. The maximum Gasteiger partial charge on any atom is 0.243 e. The molecule has 1 aliphatic rings. The number of hydrogen-bond acceptors (Lipinski definition) is 4. The summed E-state index contributed by atoms with van der Waals surface area (Å²) in [5.74, 6) is 1.91. The van der Waals surface area contributed by atoms with Gasteiger partial charge in [0.05, 0.1) is 14.2 Å². The fraction of sp³-hybridized carbons (Fsp3) is 0.333. The Bertz CT molecular complexity index is 1060. The van der Waals surface area contributed by atoms with Gasteiger partial charge in [0.2, 0.25) is 5.91 Å². The monoisotopic (exact) mass is 470 g/mol. The predicted molar refractivity (Wildman–Crippen MR) is 139 cm³/mol. The molecule has 1 aromatic heterocycles. The van der Waals surface area contributed by atoms with E-state index in [-0.39, 0.29) is 17.2 Å². The van der Waals surface area contributed by atoms with E-state index in [4.69, 9.17) is 9.47 Å². The molecule has 182 valence electrons.